The maximum Gasteiger partial charge on any atom is 0.435 e. The van der Waals surface area contributed by atoms with Gasteiger partial charge in [0.1, 0.15) is 0 Å². The van der Waals surface area contributed by atoms with Crippen LogP contribution in [0.25, 0.3) is 0 Å². The van der Waals surface area contributed by atoms with E-state index in [4.69, 9.17) is 5.73 Å². The highest BCUT2D eigenvalue weighted by molar-refractivity contribution is 7.89. The molecule has 1 saturated heterocycles. The summed E-state index contributed by atoms with van der Waals surface area (Å²) in [4.78, 5) is 28.2. The van der Waals surface area contributed by atoms with Crippen LogP contribution in [-0.4, -0.2) is 42.1 Å². The molecule has 29 heavy (non-hydrogen) atoms. The van der Waals surface area contributed by atoms with E-state index in [1.54, 1.807) is 0 Å². The van der Waals surface area contributed by atoms with E-state index in [1.165, 1.54) is 46.7 Å². The average molecular weight is 429 g/mol. The number of anilines is 1. The lowest BCUT2D eigenvalue weighted by Crippen LogP contribution is -2.69. The van der Waals surface area contributed by atoms with Gasteiger partial charge < -0.3 is 11.1 Å². The van der Waals surface area contributed by atoms with Gasteiger partial charge in [-0.15, -0.1) is 0 Å². The monoisotopic (exact) mass is 429 g/mol. The largest absolute Gasteiger partial charge is 0.435 e. The molecular formula is C16H14F3N5O4S. The van der Waals surface area contributed by atoms with E-state index in [-0.39, 0.29) is 16.2 Å². The number of alkyl halides is 3. The third-order valence-electron chi connectivity index (χ3n) is 4.07. The highest BCUT2D eigenvalue weighted by Gasteiger charge is 2.69. The molecule has 9 nitrogen and oxygen atoms in total. The summed E-state index contributed by atoms with van der Waals surface area (Å²) in [5.41, 5.74) is 2.04. The van der Waals surface area contributed by atoms with Gasteiger partial charge >= 0.3 is 12.2 Å². The summed E-state index contributed by atoms with van der Waals surface area (Å²) in [6.07, 6.45) is -2.81. The Bertz CT molecular complexity index is 1040. The Morgan fingerprint density at radius 2 is 1.83 bits per heavy atom. The Balaban J connectivity index is 1.98. The standard InChI is InChI=1S/C16H14F3N5O4S/c17-16(18,19)15(23-29(27,28)12-5-3-11(20)4-6-12)13(25)24(14(26)22-15)9-10-2-1-7-21-8-10/h1-8,23H,9,20H2,(H,22,26). The maximum atomic E-state index is 13.8. The van der Waals surface area contributed by atoms with E-state index in [0.29, 0.717) is 0 Å². The number of amides is 3. The predicted octanol–water partition coefficient (Wildman–Crippen LogP) is 0.953. The summed E-state index contributed by atoms with van der Waals surface area (Å²) in [6.45, 7) is -0.528. The van der Waals surface area contributed by atoms with Gasteiger partial charge in [0.15, 0.2) is 0 Å². The molecule has 1 aromatic carbocycles. The van der Waals surface area contributed by atoms with Crippen LogP contribution in [0, 0.1) is 0 Å². The van der Waals surface area contributed by atoms with Crippen LogP contribution in [0.2, 0.25) is 0 Å². The van der Waals surface area contributed by atoms with Crippen LogP contribution in [0.4, 0.5) is 23.7 Å². The van der Waals surface area contributed by atoms with Crippen molar-refractivity contribution in [1.29, 1.82) is 0 Å². The molecule has 0 saturated carbocycles. The topological polar surface area (TPSA) is 134 Å². The molecule has 4 N–H and O–H groups in total. The molecule has 2 heterocycles. The first-order chi connectivity index (χ1) is 13.5. The SMILES string of the molecule is Nc1ccc(S(=O)(=O)NC2(C(F)(F)F)NC(=O)N(Cc3cccnc3)C2=O)cc1. The van der Waals surface area contributed by atoms with Gasteiger partial charge in [0.25, 0.3) is 11.6 Å². The van der Waals surface area contributed by atoms with Crippen LogP contribution in [-0.2, 0) is 21.4 Å². The number of urea groups is 1. The fourth-order valence-electron chi connectivity index (χ4n) is 2.62. The zero-order valence-electron chi connectivity index (χ0n) is 14.5. The van der Waals surface area contributed by atoms with Gasteiger partial charge in [-0.1, -0.05) is 6.07 Å². The third-order valence-corrected chi connectivity index (χ3v) is 5.54. The molecule has 1 unspecified atom stereocenters. The highest BCUT2D eigenvalue weighted by atomic mass is 32.2. The predicted molar refractivity (Wildman–Crippen MR) is 93.3 cm³/mol. The van der Waals surface area contributed by atoms with E-state index in [2.05, 4.69) is 4.98 Å². The number of hydrogen-bond acceptors (Lipinski definition) is 6. The maximum absolute atomic E-state index is 13.8. The van der Waals surface area contributed by atoms with Crippen molar-refractivity contribution >= 4 is 27.6 Å². The minimum Gasteiger partial charge on any atom is -0.399 e. The Labute approximate surface area is 162 Å². The van der Waals surface area contributed by atoms with Crippen LogP contribution >= 0.6 is 0 Å². The summed E-state index contributed by atoms with van der Waals surface area (Å²) in [7, 11) is -4.85. The molecule has 1 atom stereocenters. The summed E-state index contributed by atoms with van der Waals surface area (Å²) >= 11 is 0. The number of pyridine rings is 1. The molecule has 1 aliphatic rings. The minimum absolute atomic E-state index is 0.183. The number of aromatic nitrogens is 1. The first kappa shape index (κ1) is 20.5. The van der Waals surface area contributed by atoms with Crippen molar-refractivity contribution in [3.63, 3.8) is 0 Å². The number of nitrogen functional groups attached to an aromatic ring is 1. The molecule has 154 valence electrons. The number of carbonyl (C=O) groups is 2. The van der Waals surface area contributed by atoms with Gasteiger partial charge in [-0.25, -0.2) is 13.2 Å². The molecule has 3 rings (SSSR count). The molecule has 0 spiro atoms. The molecule has 0 aliphatic carbocycles. The molecule has 0 radical (unpaired) electrons. The summed E-state index contributed by atoms with van der Waals surface area (Å²) in [6, 6.07) is 5.77. The third kappa shape index (κ3) is 3.73. The van der Waals surface area contributed by atoms with Crippen molar-refractivity contribution < 1.29 is 31.2 Å². The van der Waals surface area contributed by atoms with Gasteiger partial charge in [0.2, 0.25) is 10.0 Å². The van der Waals surface area contributed by atoms with E-state index in [0.717, 1.165) is 12.1 Å². The number of hydrogen-bond donors (Lipinski definition) is 3. The number of halogens is 3. The summed E-state index contributed by atoms with van der Waals surface area (Å²) < 4.78 is 67.8. The van der Waals surface area contributed by atoms with Crippen molar-refractivity contribution in [2.45, 2.75) is 23.3 Å². The number of benzene rings is 1. The molecular weight excluding hydrogens is 415 g/mol. The van der Waals surface area contributed by atoms with Crippen LogP contribution in [0.5, 0.6) is 0 Å². The van der Waals surface area contributed by atoms with Gasteiger partial charge in [-0.05, 0) is 35.9 Å². The zero-order chi connectivity index (χ0) is 21.4. The second-order valence-electron chi connectivity index (χ2n) is 6.11. The smallest absolute Gasteiger partial charge is 0.399 e. The Morgan fingerprint density at radius 3 is 2.38 bits per heavy atom. The molecule has 13 heteroatoms. The number of nitrogens with two attached hydrogens (primary N) is 1. The van der Waals surface area contributed by atoms with Gasteiger partial charge in [-0.3, -0.25) is 14.7 Å². The van der Waals surface area contributed by atoms with Crippen molar-refractivity contribution in [3.8, 4) is 0 Å². The molecule has 1 fully saturated rings. The van der Waals surface area contributed by atoms with E-state index in [9.17, 15) is 31.2 Å². The lowest BCUT2D eigenvalue weighted by atomic mass is 10.1. The fourth-order valence-corrected chi connectivity index (χ4v) is 3.89. The minimum atomic E-state index is -5.47. The number of sulfonamides is 1. The second-order valence-corrected chi connectivity index (χ2v) is 7.79. The Hall–Kier alpha value is -3.19. The van der Waals surface area contributed by atoms with E-state index in [1.807, 2.05) is 0 Å². The van der Waals surface area contributed by atoms with Crippen molar-refractivity contribution in [2.75, 3.05) is 5.73 Å². The van der Waals surface area contributed by atoms with Gasteiger partial charge in [0.05, 0.1) is 11.4 Å². The number of nitrogens with zero attached hydrogens (tertiary/aromatic N) is 2. The van der Waals surface area contributed by atoms with Crippen LogP contribution in [0.3, 0.4) is 0 Å². The average Bonchev–Trinajstić information content (AvgIpc) is 2.87. The molecule has 0 bridgehead atoms. The van der Waals surface area contributed by atoms with Crippen LogP contribution in [0.1, 0.15) is 5.56 Å². The quantitative estimate of drug-likeness (QED) is 0.479. The van der Waals surface area contributed by atoms with Gasteiger partial charge in [0, 0.05) is 18.1 Å². The van der Waals surface area contributed by atoms with Crippen molar-refractivity contribution in [2.24, 2.45) is 0 Å². The van der Waals surface area contributed by atoms with Crippen molar-refractivity contribution in [3.05, 3.63) is 54.4 Å². The van der Waals surface area contributed by atoms with Crippen LogP contribution in [0.15, 0.2) is 53.7 Å². The van der Waals surface area contributed by atoms with Gasteiger partial charge in [-0.2, -0.15) is 17.9 Å². The highest BCUT2D eigenvalue weighted by Crippen LogP contribution is 2.35. The van der Waals surface area contributed by atoms with Crippen molar-refractivity contribution in [1.82, 2.24) is 19.9 Å². The summed E-state index contributed by atoms with van der Waals surface area (Å²) in [5.74, 6) is -1.81. The zero-order valence-corrected chi connectivity index (χ0v) is 15.3. The van der Waals surface area contributed by atoms with Crippen LogP contribution < -0.4 is 15.8 Å². The van der Waals surface area contributed by atoms with E-state index < -0.39 is 45.2 Å². The molecule has 1 aliphatic heterocycles. The molecule has 3 amide bonds. The van der Waals surface area contributed by atoms with E-state index >= 15 is 0 Å². The first-order valence-corrected chi connectivity index (χ1v) is 9.44. The lowest BCUT2D eigenvalue weighted by Gasteiger charge is -2.29. The first-order valence-electron chi connectivity index (χ1n) is 7.95. The normalized spacial score (nSPS) is 20.0. The fraction of sp³-hybridized carbons (Fsp3) is 0.188. The number of imide groups is 1. The Kier molecular flexibility index (Phi) is 4.96. The number of rotatable bonds is 5. The lowest BCUT2D eigenvalue weighted by molar-refractivity contribution is -0.198. The number of carbonyl (C=O) groups excluding carboxylic acids is 2. The Morgan fingerprint density at radius 1 is 1.17 bits per heavy atom. The second kappa shape index (κ2) is 7.00. The summed E-state index contributed by atoms with van der Waals surface area (Å²) in [5, 5.41) is 1.44. The molecule has 1 aromatic heterocycles. The molecule has 2 aromatic rings. The number of nitrogens with one attached hydrogen (secondary N) is 2.